The molecule has 0 bridgehead atoms. The highest BCUT2D eigenvalue weighted by Crippen LogP contribution is 2.06. The zero-order chi connectivity index (χ0) is 12.0. The molecule has 0 aliphatic heterocycles. The first-order valence-electron chi connectivity index (χ1n) is 6.00. The van der Waals surface area contributed by atoms with Crippen molar-refractivity contribution in [2.45, 2.75) is 33.4 Å². The van der Waals surface area contributed by atoms with Gasteiger partial charge < -0.3 is 5.73 Å². The van der Waals surface area contributed by atoms with Crippen LogP contribution in [0, 0.1) is 5.92 Å². The first-order chi connectivity index (χ1) is 7.63. The molecule has 1 aromatic heterocycles. The Hall–Kier alpha value is -0.930. The van der Waals surface area contributed by atoms with E-state index in [1.165, 1.54) is 5.56 Å². The lowest BCUT2D eigenvalue weighted by molar-refractivity contribution is 0.241. The lowest BCUT2D eigenvalue weighted by atomic mass is 10.0. The minimum atomic E-state index is 0.252. The van der Waals surface area contributed by atoms with E-state index in [0.29, 0.717) is 5.92 Å². The van der Waals surface area contributed by atoms with Gasteiger partial charge >= 0.3 is 0 Å². The van der Waals surface area contributed by atoms with E-state index in [2.05, 4.69) is 42.8 Å². The minimum absolute atomic E-state index is 0.252. The van der Waals surface area contributed by atoms with Crippen LogP contribution in [0.3, 0.4) is 0 Å². The second kappa shape index (κ2) is 6.61. The standard InChI is InChI=1S/C13H23N3/c1-4-16(10-13(14)11(2)3)9-12-5-7-15-8-6-12/h5-8,11,13H,4,9-10,14H2,1-3H3/t13-/m0/s1. The molecule has 0 saturated carbocycles. The Morgan fingerprint density at radius 2 is 1.94 bits per heavy atom. The van der Waals surface area contributed by atoms with Gasteiger partial charge in [-0.15, -0.1) is 0 Å². The molecule has 0 saturated heterocycles. The van der Waals surface area contributed by atoms with Crippen molar-refractivity contribution < 1.29 is 0 Å². The first-order valence-corrected chi connectivity index (χ1v) is 6.00. The van der Waals surface area contributed by atoms with Gasteiger partial charge in [0.2, 0.25) is 0 Å². The summed E-state index contributed by atoms with van der Waals surface area (Å²) in [4.78, 5) is 6.40. The quantitative estimate of drug-likeness (QED) is 0.797. The second-order valence-corrected chi connectivity index (χ2v) is 4.59. The van der Waals surface area contributed by atoms with Crippen molar-refractivity contribution in [2.24, 2.45) is 11.7 Å². The van der Waals surface area contributed by atoms with Gasteiger partial charge in [-0.05, 0) is 30.2 Å². The van der Waals surface area contributed by atoms with Crippen molar-refractivity contribution in [1.29, 1.82) is 0 Å². The molecule has 3 nitrogen and oxygen atoms in total. The molecule has 0 radical (unpaired) electrons. The van der Waals surface area contributed by atoms with Crippen LogP contribution in [0.5, 0.6) is 0 Å². The molecule has 1 rings (SSSR count). The molecule has 0 aliphatic rings. The lowest BCUT2D eigenvalue weighted by Gasteiger charge is -2.26. The number of hydrogen-bond donors (Lipinski definition) is 1. The van der Waals surface area contributed by atoms with E-state index in [9.17, 15) is 0 Å². The summed E-state index contributed by atoms with van der Waals surface area (Å²) >= 11 is 0. The van der Waals surface area contributed by atoms with E-state index in [1.807, 2.05) is 12.4 Å². The van der Waals surface area contributed by atoms with Gasteiger partial charge in [0.05, 0.1) is 0 Å². The van der Waals surface area contributed by atoms with Crippen LogP contribution >= 0.6 is 0 Å². The third-order valence-electron chi connectivity index (χ3n) is 2.93. The van der Waals surface area contributed by atoms with E-state index in [-0.39, 0.29) is 6.04 Å². The maximum atomic E-state index is 6.09. The number of pyridine rings is 1. The van der Waals surface area contributed by atoms with Crippen LogP contribution in [0.15, 0.2) is 24.5 Å². The van der Waals surface area contributed by atoms with Gasteiger partial charge in [0.15, 0.2) is 0 Å². The number of likely N-dealkylation sites (N-methyl/N-ethyl adjacent to an activating group) is 1. The third kappa shape index (κ3) is 4.29. The summed E-state index contributed by atoms with van der Waals surface area (Å²) in [6.45, 7) is 9.46. The summed E-state index contributed by atoms with van der Waals surface area (Å²) in [7, 11) is 0. The third-order valence-corrected chi connectivity index (χ3v) is 2.93. The van der Waals surface area contributed by atoms with Gasteiger partial charge in [-0.1, -0.05) is 20.8 Å². The molecule has 1 atom stereocenters. The fraction of sp³-hybridized carbons (Fsp3) is 0.615. The molecule has 0 fully saturated rings. The number of aromatic nitrogens is 1. The normalized spacial score (nSPS) is 13.4. The van der Waals surface area contributed by atoms with Gasteiger partial charge in [0.1, 0.15) is 0 Å². The van der Waals surface area contributed by atoms with E-state index in [4.69, 9.17) is 5.73 Å². The highest BCUT2D eigenvalue weighted by Gasteiger charge is 2.12. The Kier molecular flexibility index (Phi) is 5.43. The molecular formula is C13H23N3. The van der Waals surface area contributed by atoms with Crippen molar-refractivity contribution in [3.63, 3.8) is 0 Å². The number of hydrogen-bond acceptors (Lipinski definition) is 3. The summed E-state index contributed by atoms with van der Waals surface area (Å²) in [5.41, 5.74) is 7.39. The number of nitrogens with two attached hydrogens (primary N) is 1. The molecular weight excluding hydrogens is 198 g/mol. The Balaban J connectivity index is 2.49. The molecule has 0 amide bonds. The fourth-order valence-electron chi connectivity index (χ4n) is 1.56. The van der Waals surface area contributed by atoms with E-state index in [0.717, 1.165) is 19.6 Å². The second-order valence-electron chi connectivity index (χ2n) is 4.59. The first kappa shape index (κ1) is 13.1. The van der Waals surface area contributed by atoms with E-state index >= 15 is 0 Å². The van der Waals surface area contributed by atoms with E-state index in [1.54, 1.807) is 0 Å². The van der Waals surface area contributed by atoms with Crippen molar-refractivity contribution in [2.75, 3.05) is 13.1 Å². The molecule has 1 aromatic rings. The summed E-state index contributed by atoms with van der Waals surface area (Å²) < 4.78 is 0. The van der Waals surface area contributed by atoms with Gasteiger partial charge in [-0.25, -0.2) is 0 Å². The van der Waals surface area contributed by atoms with Crippen LogP contribution in [0.2, 0.25) is 0 Å². The topological polar surface area (TPSA) is 42.2 Å². The largest absolute Gasteiger partial charge is 0.326 e. The predicted molar refractivity (Wildman–Crippen MR) is 68.0 cm³/mol. The number of rotatable bonds is 6. The molecule has 0 spiro atoms. The maximum Gasteiger partial charge on any atom is 0.0271 e. The Morgan fingerprint density at radius 1 is 1.31 bits per heavy atom. The molecule has 1 heterocycles. The molecule has 3 heteroatoms. The summed E-state index contributed by atoms with van der Waals surface area (Å²) in [6.07, 6.45) is 3.68. The zero-order valence-corrected chi connectivity index (χ0v) is 10.6. The van der Waals surface area contributed by atoms with E-state index < -0.39 is 0 Å². The summed E-state index contributed by atoms with van der Waals surface area (Å²) in [5, 5.41) is 0. The monoisotopic (exact) mass is 221 g/mol. The van der Waals surface area contributed by atoms with Crippen molar-refractivity contribution in [1.82, 2.24) is 9.88 Å². The van der Waals surface area contributed by atoms with Crippen LogP contribution < -0.4 is 5.73 Å². The Bertz CT molecular complexity index is 284. The van der Waals surface area contributed by atoms with Gasteiger partial charge in [-0.2, -0.15) is 0 Å². The van der Waals surface area contributed by atoms with Crippen molar-refractivity contribution >= 4 is 0 Å². The summed E-state index contributed by atoms with van der Waals surface area (Å²) in [6, 6.07) is 4.37. The smallest absolute Gasteiger partial charge is 0.0271 e. The van der Waals surface area contributed by atoms with Crippen molar-refractivity contribution in [3.05, 3.63) is 30.1 Å². The average Bonchev–Trinajstić information content (AvgIpc) is 2.29. The Morgan fingerprint density at radius 3 is 2.44 bits per heavy atom. The van der Waals surface area contributed by atoms with Crippen LogP contribution in [0.4, 0.5) is 0 Å². The van der Waals surface area contributed by atoms with Gasteiger partial charge in [0.25, 0.3) is 0 Å². The maximum absolute atomic E-state index is 6.09. The molecule has 0 aliphatic carbocycles. The number of nitrogens with zero attached hydrogens (tertiary/aromatic N) is 2. The van der Waals surface area contributed by atoms with Crippen LogP contribution in [-0.2, 0) is 6.54 Å². The Labute approximate surface area is 98.7 Å². The summed E-state index contributed by atoms with van der Waals surface area (Å²) in [5.74, 6) is 0.534. The minimum Gasteiger partial charge on any atom is -0.326 e. The highest BCUT2D eigenvalue weighted by molar-refractivity contribution is 5.09. The average molecular weight is 221 g/mol. The molecule has 0 unspecified atom stereocenters. The molecule has 90 valence electrons. The van der Waals surface area contributed by atoms with Gasteiger partial charge in [0, 0.05) is 31.5 Å². The molecule has 0 aromatic carbocycles. The highest BCUT2D eigenvalue weighted by atomic mass is 15.1. The SMILES string of the molecule is CCN(Cc1ccncc1)C[C@H](N)C(C)C. The predicted octanol–water partition coefficient (Wildman–Crippen LogP) is 1.89. The van der Waals surface area contributed by atoms with Crippen LogP contribution in [0.25, 0.3) is 0 Å². The van der Waals surface area contributed by atoms with Crippen LogP contribution in [-0.4, -0.2) is 29.0 Å². The van der Waals surface area contributed by atoms with Gasteiger partial charge in [-0.3, -0.25) is 9.88 Å². The lowest BCUT2D eigenvalue weighted by Crippen LogP contribution is -2.40. The molecule has 2 N–H and O–H groups in total. The van der Waals surface area contributed by atoms with Crippen molar-refractivity contribution in [3.8, 4) is 0 Å². The molecule has 16 heavy (non-hydrogen) atoms. The van der Waals surface area contributed by atoms with Crippen LogP contribution in [0.1, 0.15) is 26.3 Å². The zero-order valence-electron chi connectivity index (χ0n) is 10.6. The fourth-order valence-corrected chi connectivity index (χ4v) is 1.56.